The number of guanidine groups is 1. The van der Waals surface area contributed by atoms with Crippen molar-refractivity contribution in [1.82, 2.24) is 10.6 Å². The summed E-state index contributed by atoms with van der Waals surface area (Å²) in [6.45, 7) is 4.30. The molecule has 1 atom stereocenters. The van der Waals surface area contributed by atoms with Crippen LogP contribution in [0, 0.1) is 24.1 Å². The third-order valence-electron chi connectivity index (χ3n) is 5.01. The fourth-order valence-electron chi connectivity index (χ4n) is 3.43. The molecule has 0 saturated carbocycles. The van der Waals surface area contributed by atoms with Crippen molar-refractivity contribution in [1.29, 1.82) is 5.26 Å². The Morgan fingerprint density at radius 2 is 2.03 bits per heavy atom. The quantitative estimate of drug-likeness (QED) is 0.374. The van der Waals surface area contributed by atoms with E-state index in [9.17, 15) is 4.39 Å². The first kappa shape index (κ1) is 22.9. The van der Waals surface area contributed by atoms with Gasteiger partial charge in [0.2, 0.25) is 0 Å². The van der Waals surface area contributed by atoms with Crippen molar-refractivity contribution in [2.24, 2.45) is 4.99 Å². The fourth-order valence-corrected chi connectivity index (χ4v) is 3.43. The summed E-state index contributed by atoms with van der Waals surface area (Å²) in [4.78, 5) is 6.65. The standard InChI is InChI=1S/C22H26FN5.HI/c1-16-5-8-20(9-6-16)28-11-3-4-19(15-28)27-22(25-2)26-14-18-12-17(13-24)7-10-21(18)23;/h5-10,12,19H,3-4,11,14-15H2,1-2H3,(H2,25,26,27);1H. The van der Waals surface area contributed by atoms with E-state index in [2.05, 4.69) is 51.7 Å². The number of nitrogens with zero attached hydrogens (tertiary/aromatic N) is 3. The summed E-state index contributed by atoms with van der Waals surface area (Å²) < 4.78 is 14.0. The number of aryl methyl sites for hydroxylation is 1. The first-order chi connectivity index (χ1) is 13.6. The molecule has 0 amide bonds. The van der Waals surface area contributed by atoms with Crippen LogP contribution in [0.4, 0.5) is 10.1 Å². The van der Waals surface area contributed by atoms with Crippen LogP contribution in [-0.4, -0.2) is 32.1 Å². The van der Waals surface area contributed by atoms with Crippen LogP contribution in [0.1, 0.15) is 29.5 Å². The molecule has 1 aliphatic heterocycles. The van der Waals surface area contributed by atoms with Crippen LogP contribution >= 0.6 is 24.0 Å². The van der Waals surface area contributed by atoms with Crippen LogP contribution in [0.25, 0.3) is 0 Å². The minimum Gasteiger partial charge on any atom is -0.369 e. The highest BCUT2D eigenvalue weighted by Gasteiger charge is 2.21. The summed E-state index contributed by atoms with van der Waals surface area (Å²) in [5.74, 6) is 0.308. The van der Waals surface area contributed by atoms with Crippen molar-refractivity contribution in [3.8, 4) is 6.07 Å². The lowest BCUT2D eigenvalue weighted by atomic mass is 10.0. The number of nitriles is 1. The average molecular weight is 507 g/mol. The first-order valence-corrected chi connectivity index (χ1v) is 9.56. The van der Waals surface area contributed by atoms with Crippen LogP contribution in [0.5, 0.6) is 0 Å². The summed E-state index contributed by atoms with van der Waals surface area (Å²) in [7, 11) is 1.71. The van der Waals surface area contributed by atoms with Gasteiger partial charge in [0, 0.05) is 44.0 Å². The molecule has 0 aliphatic carbocycles. The minimum absolute atomic E-state index is 0. The monoisotopic (exact) mass is 507 g/mol. The number of piperidine rings is 1. The second-order valence-electron chi connectivity index (χ2n) is 7.11. The smallest absolute Gasteiger partial charge is 0.191 e. The highest BCUT2D eigenvalue weighted by molar-refractivity contribution is 14.0. The van der Waals surface area contributed by atoms with E-state index in [1.54, 1.807) is 13.1 Å². The van der Waals surface area contributed by atoms with E-state index in [0.29, 0.717) is 17.1 Å². The molecule has 1 heterocycles. The van der Waals surface area contributed by atoms with E-state index in [4.69, 9.17) is 5.26 Å². The van der Waals surface area contributed by atoms with E-state index in [1.165, 1.54) is 23.4 Å². The number of halogens is 2. The molecule has 2 N–H and O–H groups in total. The van der Waals surface area contributed by atoms with Gasteiger partial charge in [0.05, 0.1) is 11.6 Å². The number of anilines is 1. The number of benzene rings is 2. The third-order valence-corrected chi connectivity index (χ3v) is 5.01. The summed E-state index contributed by atoms with van der Waals surface area (Å²) in [6, 6.07) is 15.3. The molecule has 154 valence electrons. The number of hydrogen-bond donors (Lipinski definition) is 2. The van der Waals surface area contributed by atoms with E-state index in [-0.39, 0.29) is 42.4 Å². The predicted molar refractivity (Wildman–Crippen MR) is 126 cm³/mol. The van der Waals surface area contributed by atoms with Gasteiger partial charge in [0.25, 0.3) is 0 Å². The molecule has 1 fully saturated rings. The molecule has 0 spiro atoms. The Morgan fingerprint density at radius 3 is 2.72 bits per heavy atom. The van der Waals surface area contributed by atoms with Crippen molar-refractivity contribution in [2.75, 3.05) is 25.0 Å². The zero-order valence-corrected chi connectivity index (χ0v) is 19.1. The molecule has 2 aromatic carbocycles. The van der Waals surface area contributed by atoms with E-state index in [1.807, 2.05) is 6.07 Å². The second kappa shape index (κ2) is 11.0. The number of nitrogens with one attached hydrogen (secondary N) is 2. The van der Waals surface area contributed by atoms with Crippen molar-refractivity contribution >= 4 is 35.6 Å². The molecule has 29 heavy (non-hydrogen) atoms. The molecule has 3 rings (SSSR count). The zero-order valence-electron chi connectivity index (χ0n) is 16.8. The van der Waals surface area contributed by atoms with Crippen LogP contribution < -0.4 is 15.5 Å². The fraction of sp³-hybridized carbons (Fsp3) is 0.364. The zero-order chi connectivity index (χ0) is 19.9. The van der Waals surface area contributed by atoms with Crippen LogP contribution in [0.15, 0.2) is 47.5 Å². The number of aliphatic imine (C=N–C) groups is 1. The van der Waals surface area contributed by atoms with Gasteiger partial charge < -0.3 is 15.5 Å². The van der Waals surface area contributed by atoms with Gasteiger partial charge in [-0.1, -0.05) is 17.7 Å². The second-order valence-corrected chi connectivity index (χ2v) is 7.11. The van der Waals surface area contributed by atoms with Gasteiger partial charge in [-0.3, -0.25) is 4.99 Å². The van der Waals surface area contributed by atoms with E-state index in [0.717, 1.165) is 25.9 Å². The Kier molecular flexibility index (Phi) is 8.70. The van der Waals surface area contributed by atoms with E-state index < -0.39 is 0 Å². The topological polar surface area (TPSA) is 63.5 Å². The third kappa shape index (κ3) is 6.32. The molecule has 5 nitrogen and oxygen atoms in total. The van der Waals surface area contributed by atoms with Crippen LogP contribution in [0.3, 0.4) is 0 Å². The molecule has 1 unspecified atom stereocenters. The lowest BCUT2D eigenvalue weighted by Gasteiger charge is -2.35. The highest BCUT2D eigenvalue weighted by atomic mass is 127. The van der Waals surface area contributed by atoms with Crippen molar-refractivity contribution < 1.29 is 4.39 Å². The van der Waals surface area contributed by atoms with Crippen molar-refractivity contribution in [2.45, 2.75) is 32.4 Å². The molecular formula is C22H27FIN5. The van der Waals surface area contributed by atoms with Crippen LogP contribution in [-0.2, 0) is 6.54 Å². The Balaban J connectivity index is 0.00000300. The molecular weight excluding hydrogens is 480 g/mol. The molecule has 2 aromatic rings. The van der Waals surface area contributed by atoms with Gasteiger partial charge in [-0.2, -0.15) is 5.26 Å². The Labute approximate surface area is 189 Å². The van der Waals surface area contributed by atoms with Gasteiger partial charge in [-0.25, -0.2) is 4.39 Å². The van der Waals surface area contributed by atoms with Crippen LogP contribution in [0.2, 0.25) is 0 Å². The van der Waals surface area contributed by atoms with Gasteiger partial charge >= 0.3 is 0 Å². The highest BCUT2D eigenvalue weighted by Crippen LogP contribution is 2.20. The summed E-state index contributed by atoms with van der Waals surface area (Å²) in [5, 5.41) is 15.6. The Bertz CT molecular complexity index is 876. The first-order valence-electron chi connectivity index (χ1n) is 9.56. The maximum absolute atomic E-state index is 14.0. The number of rotatable bonds is 4. The Morgan fingerprint density at radius 1 is 1.28 bits per heavy atom. The SMILES string of the molecule is CN=C(NCc1cc(C#N)ccc1F)NC1CCCN(c2ccc(C)cc2)C1.I. The lowest BCUT2D eigenvalue weighted by molar-refractivity contribution is 0.467. The van der Waals surface area contributed by atoms with Crippen molar-refractivity contribution in [3.63, 3.8) is 0 Å². The van der Waals surface area contributed by atoms with Crippen molar-refractivity contribution in [3.05, 3.63) is 65.0 Å². The lowest BCUT2D eigenvalue weighted by Crippen LogP contribution is -2.51. The summed E-state index contributed by atoms with van der Waals surface area (Å²) in [6.07, 6.45) is 2.16. The van der Waals surface area contributed by atoms with Gasteiger partial charge in [0.15, 0.2) is 5.96 Å². The molecule has 7 heteroatoms. The summed E-state index contributed by atoms with van der Waals surface area (Å²) >= 11 is 0. The normalized spacial score (nSPS) is 16.6. The van der Waals surface area contributed by atoms with E-state index >= 15 is 0 Å². The predicted octanol–water partition coefficient (Wildman–Crippen LogP) is 3.96. The average Bonchev–Trinajstić information content (AvgIpc) is 2.73. The number of hydrogen-bond acceptors (Lipinski definition) is 3. The van der Waals surface area contributed by atoms with Gasteiger partial charge in [-0.05, 0) is 50.1 Å². The summed E-state index contributed by atoms with van der Waals surface area (Å²) in [5.41, 5.74) is 3.39. The molecule has 1 aliphatic rings. The maximum atomic E-state index is 14.0. The minimum atomic E-state index is -0.329. The molecule has 0 aromatic heterocycles. The molecule has 1 saturated heterocycles. The molecule has 0 bridgehead atoms. The van der Waals surface area contributed by atoms with Gasteiger partial charge in [-0.15, -0.1) is 24.0 Å². The Hall–Kier alpha value is -2.34. The maximum Gasteiger partial charge on any atom is 0.191 e. The largest absolute Gasteiger partial charge is 0.369 e. The molecule has 0 radical (unpaired) electrons. The van der Waals surface area contributed by atoms with Gasteiger partial charge in [0.1, 0.15) is 5.82 Å².